The van der Waals surface area contributed by atoms with E-state index in [2.05, 4.69) is 25.7 Å². The van der Waals surface area contributed by atoms with Crippen LogP contribution in [0, 0.1) is 0 Å². The van der Waals surface area contributed by atoms with Crippen molar-refractivity contribution in [1.29, 1.82) is 0 Å². The van der Waals surface area contributed by atoms with E-state index in [9.17, 15) is 4.79 Å². The Labute approximate surface area is 190 Å². The Kier molecular flexibility index (Phi) is 5.67. The average Bonchev–Trinajstić information content (AvgIpc) is 3.52. The lowest BCUT2D eigenvalue weighted by Crippen LogP contribution is -2.17. The number of rotatable bonds is 7. The van der Waals surface area contributed by atoms with Crippen LogP contribution in [-0.4, -0.2) is 27.3 Å². The monoisotopic (exact) mass is 435 g/mol. The number of amides is 1. The highest BCUT2D eigenvalue weighted by molar-refractivity contribution is 6.00. The number of aromatic nitrogens is 3. The lowest BCUT2D eigenvalue weighted by molar-refractivity contribution is 0.0950. The van der Waals surface area contributed by atoms with Gasteiger partial charge in [0.2, 0.25) is 0 Å². The van der Waals surface area contributed by atoms with Crippen LogP contribution in [0.2, 0.25) is 0 Å². The summed E-state index contributed by atoms with van der Waals surface area (Å²) in [6.07, 6.45) is 3.46. The molecule has 5 aromatic rings. The van der Waals surface area contributed by atoms with Crippen molar-refractivity contribution in [2.24, 2.45) is 5.10 Å². The number of carbonyl (C=O) groups is 1. The molecule has 162 valence electrons. The third kappa shape index (κ3) is 4.67. The van der Waals surface area contributed by atoms with E-state index in [1.54, 1.807) is 12.3 Å². The highest BCUT2D eigenvalue weighted by Crippen LogP contribution is 2.22. The highest BCUT2D eigenvalue weighted by Gasteiger charge is 2.11. The van der Waals surface area contributed by atoms with Gasteiger partial charge in [0.1, 0.15) is 18.1 Å². The van der Waals surface area contributed by atoms with E-state index in [0.717, 1.165) is 33.3 Å². The normalized spacial score (nSPS) is 11.2. The molecular formula is C26H21N5O2. The molecule has 0 saturated carbocycles. The Morgan fingerprint density at radius 3 is 2.64 bits per heavy atom. The maximum atomic E-state index is 12.4. The molecule has 0 aliphatic heterocycles. The predicted octanol–water partition coefficient (Wildman–Crippen LogP) is 4.90. The first kappa shape index (κ1) is 20.3. The molecule has 1 amide bonds. The molecule has 3 aromatic carbocycles. The Bertz CT molecular complexity index is 1400. The SMILES string of the molecule is O=C(N/N=C/c1c[nH]c2ccccc12)c1cc(-c2ccc(OCc3ccccc3)cc2)n[nH]1. The van der Waals surface area contributed by atoms with Gasteiger partial charge in [-0.25, -0.2) is 5.43 Å². The van der Waals surface area contributed by atoms with Gasteiger partial charge in [-0.15, -0.1) is 0 Å². The Morgan fingerprint density at radius 2 is 1.79 bits per heavy atom. The number of para-hydroxylation sites is 1. The van der Waals surface area contributed by atoms with Crippen molar-refractivity contribution in [3.8, 4) is 17.0 Å². The van der Waals surface area contributed by atoms with Crippen molar-refractivity contribution in [2.75, 3.05) is 0 Å². The van der Waals surface area contributed by atoms with Crippen LogP contribution in [0.4, 0.5) is 0 Å². The smallest absolute Gasteiger partial charge is 0.289 e. The van der Waals surface area contributed by atoms with Gasteiger partial charge in [-0.1, -0.05) is 48.5 Å². The number of nitrogens with zero attached hydrogens (tertiary/aromatic N) is 2. The molecule has 33 heavy (non-hydrogen) atoms. The number of hydrogen-bond acceptors (Lipinski definition) is 4. The first-order valence-electron chi connectivity index (χ1n) is 10.5. The van der Waals surface area contributed by atoms with Gasteiger partial charge in [0, 0.05) is 28.2 Å². The van der Waals surface area contributed by atoms with E-state index in [0.29, 0.717) is 18.0 Å². The summed E-state index contributed by atoms with van der Waals surface area (Å²) in [6.45, 7) is 0.506. The van der Waals surface area contributed by atoms with Gasteiger partial charge in [0.25, 0.3) is 5.91 Å². The molecule has 0 aliphatic rings. The lowest BCUT2D eigenvalue weighted by atomic mass is 10.1. The van der Waals surface area contributed by atoms with Crippen LogP contribution in [0.15, 0.2) is 96.2 Å². The van der Waals surface area contributed by atoms with E-state index in [1.165, 1.54) is 0 Å². The van der Waals surface area contributed by atoms with E-state index in [-0.39, 0.29) is 5.91 Å². The minimum Gasteiger partial charge on any atom is -0.489 e. The molecule has 7 nitrogen and oxygen atoms in total. The van der Waals surface area contributed by atoms with Crippen LogP contribution in [0.5, 0.6) is 5.75 Å². The molecule has 0 radical (unpaired) electrons. The molecule has 0 aliphatic carbocycles. The predicted molar refractivity (Wildman–Crippen MR) is 128 cm³/mol. The largest absolute Gasteiger partial charge is 0.489 e. The van der Waals surface area contributed by atoms with Gasteiger partial charge in [-0.05, 0) is 42.0 Å². The fourth-order valence-electron chi connectivity index (χ4n) is 3.47. The minimum atomic E-state index is -0.368. The van der Waals surface area contributed by atoms with Crippen molar-refractivity contribution in [3.63, 3.8) is 0 Å². The van der Waals surface area contributed by atoms with Crippen molar-refractivity contribution in [3.05, 3.63) is 108 Å². The van der Waals surface area contributed by atoms with Crippen LogP contribution in [0.3, 0.4) is 0 Å². The van der Waals surface area contributed by atoms with Crippen molar-refractivity contribution in [2.45, 2.75) is 6.61 Å². The van der Waals surface area contributed by atoms with E-state index >= 15 is 0 Å². The second kappa shape index (κ2) is 9.23. The van der Waals surface area contributed by atoms with Gasteiger partial charge >= 0.3 is 0 Å². The van der Waals surface area contributed by atoms with Gasteiger partial charge in [-0.3, -0.25) is 9.89 Å². The second-order valence-corrected chi connectivity index (χ2v) is 7.45. The third-order valence-corrected chi connectivity index (χ3v) is 5.21. The molecule has 0 bridgehead atoms. The summed E-state index contributed by atoms with van der Waals surface area (Å²) in [5, 5.41) is 12.1. The number of H-pyrrole nitrogens is 2. The van der Waals surface area contributed by atoms with Crippen LogP contribution >= 0.6 is 0 Å². The molecule has 5 rings (SSSR count). The summed E-state index contributed by atoms with van der Waals surface area (Å²) in [6, 6.07) is 27.2. The molecule has 0 fully saturated rings. The summed E-state index contributed by atoms with van der Waals surface area (Å²) in [5.74, 6) is 0.398. The fraction of sp³-hybridized carbons (Fsp3) is 0.0385. The van der Waals surface area contributed by atoms with Gasteiger partial charge in [-0.2, -0.15) is 10.2 Å². The van der Waals surface area contributed by atoms with Crippen LogP contribution in [0.1, 0.15) is 21.6 Å². The first-order chi connectivity index (χ1) is 16.3. The lowest BCUT2D eigenvalue weighted by Gasteiger charge is -2.06. The topological polar surface area (TPSA) is 95.2 Å². The standard InChI is InChI=1S/C26H21N5O2/c32-26(31-28-16-20-15-27-23-9-5-4-8-22(20)23)25-14-24(29-30-25)19-10-12-21(13-11-19)33-17-18-6-2-1-3-7-18/h1-16,27H,17H2,(H,29,30)(H,31,32)/b28-16+. The van der Waals surface area contributed by atoms with Gasteiger partial charge in [0.05, 0.1) is 11.9 Å². The van der Waals surface area contributed by atoms with Crippen LogP contribution in [0.25, 0.3) is 22.2 Å². The summed E-state index contributed by atoms with van der Waals surface area (Å²) in [4.78, 5) is 15.6. The average molecular weight is 435 g/mol. The first-order valence-corrected chi connectivity index (χ1v) is 10.5. The Morgan fingerprint density at radius 1 is 1.00 bits per heavy atom. The number of fused-ring (bicyclic) bond motifs is 1. The zero-order chi connectivity index (χ0) is 22.5. The Hall–Kier alpha value is -4.65. The molecule has 0 atom stereocenters. The molecule has 2 aromatic heterocycles. The molecule has 0 spiro atoms. The highest BCUT2D eigenvalue weighted by atomic mass is 16.5. The summed E-state index contributed by atoms with van der Waals surface area (Å²) in [7, 11) is 0. The van der Waals surface area contributed by atoms with Crippen molar-refractivity contribution < 1.29 is 9.53 Å². The van der Waals surface area contributed by atoms with E-state index in [1.807, 2.05) is 85.1 Å². The number of hydrazone groups is 1. The number of carbonyl (C=O) groups excluding carboxylic acids is 1. The Balaban J connectivity index is 1.20. The number of benzene rings is 3. The molecule has 7 heteroatoms. The zero-order valence-electron chi connectivity index (χ0n) is 17.7. The van der Waals surface area contributed by atoms with Crippen LogP contribution in [-0.2, 0) is 6.61 Å². The van der Waals surface area contributed by atoms with E-state index in [4.69, 9.17) is 4.74 Å². The minimum absolute atomic E-state index is 0.325. The maximum absolute atomic E-state index is 12.4. The number of ether oxygens (including phenoxy) is 1. The second-order valence-electron chi connectivity index (χ2n) is 7.45. The summed E-state index contributed by atoms with van der Waals surface area (Å²) in [5.41, 5.74) is 7.41. The zero-order valence-corrected chi connectivity index (χ0v) is 17.7. The molecule has 2 heterocycles. The van der Waals surface area contributed by atoms with E-state index < -0.39 is 0 Å². The summed E-state index contributed by atoms with van der Waals surface area (Å²) < 4.78 is 5.82. The number of aromatic amines is 2. The number of hydrogen-bond donors (Lipinski definition) is 3. The van der Waals surface area contributed by atoms with Crippen molar-refractivity contribution in [1.82, 2.24) is 20.6 Å². The van der Waals surface area contributed by atoms with Gasteiger partial charge in [0.15, 0.2) is 0 Å². The molecular weight excluding hydrogens is 414 g/mol. The fourth-order valence-corrected chi connectivity index (χ4v) is 3.47. The summed E-state index contributed by atoms with van der Waals surface area (Å²) >= 11 is 0. The van der Waals surface area contributed by atoms with Crippen LogP contribution < -0.4 is 10.2 Å². The molecule has 3 N–H and O–H groups in total. The third-order valence-electron chi connectivity index (χ3n) is 5.21. The molecule has 0 saturated heterocycles. The van der Waals surface area contributed by atoms with Crippen molar-refractivity contribution >= 4 is 23.0 Å². The number of nitrogens with one attached hydrogen (secondary N) is 3. The van der Waals surface area contributed by atoms with Gasteiger partial charge < -0.3 is 9.72 Å². The maximum Gasteiger partial charge on any atom is 0.289 e. The molecule has 0 unspecified atom stereocenters. The quantitative estimate of drug-likeness (QED) is 0.251.